The fraction of sp³-hybridized carbons (Fsp3) is 0.278. The van der Waals surface area contributed by atoms with Crippen LogP contribution in [0.3, 0.4) is 0 Å². The van der Waals surface area contributed by atoms with E-state index in [0.29, 0.717) is 42.3 Å². The van der Waals surface area contributed by atoms with Crippen molar-refractivity contribution < 1.29 is 9.59 Å². The highest BCUT2D eigenvalue weighted by Crippen LogP contribution is 2.15. The number of hydrogen-bond donors (Lipinski definition) is 0. The summed E-state index contributed by atoms with van der Waals surface area (Å²) in [5.74, 6) is -0.0647. The lowest BCUT2D eigenvalue weighted by molar-refractivity contribution is 0.0718. The molecule has 0 spiro atoms. The lowest BCUT2D eigenvalue weighted by Crippen LogP contribution is -2.37. The minimum atomic E-state index is -0.0456. The molecule has 1 aliphatic heterocycles. The van der Waals surface area contributed by atoms with E-state index < -0.39 is 0 Å². The second kappa shape index (κ2) is 7.45. The van der Waals surface area contributed by atoms with Crippen molar-refractivity contribution in [1.29, 1.82) is 0 Å². The zero-order chi connectivity index (χ0) is 16.9. The van der Waals surface area contributed by atoms with Gasteiger partial charge in [0.05, 0.1) is 0 Å². The summed E-state index contributed by atoms with van der Waals surface area (Å²) in [6, 6.07) is 10.4. The van der Waals surface area contributed by atoms with Crippen molar-refractivity contribution >= 4 is 23.4 Å². The van der Waals surface area contributed by atoms with Crippen LogP contribution < -0.4 is 0 Å². The molecule has 0 N–H and O–H groups in total. The number of carbonyl (C=O) groups is 2. The van der Waals surface area contributed by atoms with Crippen LogP contribution in [0.15, 0.2) is 48.8 Å². The average Bonchev–Trinajstić information content (AvgIpc) is 2.87. The predicted octanol–water partition coefficient (Wildman–Crippen LogP) is 2.72. The Morgan fingerprint density at radius 3 is 2.12 bits per heavy atom. The summed E-state index contributed by atoms with van der Waals surface area (Å²) in [7, 11) is 0. The van der Waals surface area contributed by atoms with Crippen LogP contribution >= 0.6 is 11.6 Å². The van der Waals surface area contributed by atoms with Crippen molar-refractivity contribution in [2.45, 2.75) is 6.42 Å². The van der Waals surface area contributed by atoms with E-state index in [1.165, 1.54) is 0 Å². The fourth-order valence-electron chi connectivity index (χ4n) is 2.80. The first-order valence-corrected chi connectivity index (χ1v) is 8.27. The molecule has 1 fully saturated rings. The fourth-order valence-corrected chi connectivity index (χ4v) is 3.00. The Bertz CT molecular complexity index is 736. The Hall–Kier alpha value is -2.40. The Morgan fingerprint density at radius 1 is 0.875 bits per heavy atom. The number of halogens is 1. The van der Waals surface area contributed by atoms with E-state index >= 15 is 0 Å². The van der Waals surface area contributed by atoms with Gasteiger partial charge in [0.15, 0.2) is 0 Å². The maximum atomic E-state index is 12.6. The van der Waals surface area contributed by atoms with Gasteiger partial charge in [0.25, 0.3) is 11.8 Å². The summed E-state index contributed by atoms with van der Waals surface area (Å²) in [6.45, 7) is 2.31. The predicted molar refractivity (Wildman–Crippen MR) is 92.1 cm³/mol. The first-order chi connectivity index (χ1) is 11.6. The molecule has 0 bridgehead atoms. The maximum Gasteiger partial charge on any atom is 0.254 e. The van der Waals surface area contributed by atoms with Crippen molar-refractivity contribution in [2.75, 3.05) is 26.2 Å². The normalized spacial score (nSPS) is 15.0. The van der Waals surface area contributed by atoms with Gasteiger partial charge < -0.3 is 9.80 Å². The third-order valence-electron chi connectivity index (χ3n) is 4.07. The second-order valence-electron chi connectivity index (χ2n) is 5.68. The van der Waals surface area contributed by atoms with Gasteiger partial charge in [-0.15, -0.1) is 0 Å². The van der Waals surface area contributed by atoms with Crippen molar-refractivity contribution in [2.24, 2.45) is 0 Å². The number of carbonyl (C=O) groups excluding carboxylic acids is 2. The molecule has 2 amide bonds. The number of amides is 2. The quantitative estimate of drug-likeness (QED) is 0.842. The number of rotatable bonds is 2. The number of aromatic nitrogens is 1. The summed E-state index contributed by atoms with van der Waals surface area (Å²) >= 11 is 5.96. The molecule has 2 aromatic rings. The Kier molecular flexibility index (Phi) is 5.11. The molecule has 1 aliphatic rings. The van der Waals surface area contributed by atoms with Gasteiger partial charge in [-0.25, -0.2) is 0 Å². The summed E-state index contributed by atoms with van der Waals surface area (Å²) < 4.78 is 0. The van der Waals surface area contributed by atoms with Crippen molar-refractivity contribution in [1.82, 2.24) is 14.8 Å². The van der Waals surface area contributed by atoms with Gasteiger partial charge in [-0.05, 0) is 36.8 Å². The molecule has 0 atom stereocenters. The summed E-state index contributed by atoms with van der Waals surface area (Å²) in [4.78, 5) is 32.6. The van der Waals surface area contributed by atoms with Gasteiger partial charge in [-0.3, -0.25) is 14.6 Å². The van der Waals surface area contributed by atoms with Crippen molar-refractivity contribution in [3.63, 3.8) is 0 Å². The van der Waals surface area contributed by atoms with E-state index in [0.717, 1.165) is 6.42 Å². The van der Waals surface area contributed by atoms with Crippen LogP contribution in [0.1, 0.15) is 27.1 Å². The standard InChI is InChI=1S/C18H18ClN3O2/c19-16-4-1-3-15(13-16)18(24)22-10-2-9-21(11-12-22)17(23)14-5-7-20-8-6-14/h1,3-8,13H,2,9-12H2. The first-order valence-electron chi connectivity index (χ1n) is 7.89. The summed E-state index contributed by atoms with van der Waals surface area (Å²) in [6.07, 6.45) is 3.98. The molecule has 0 saturated carbocycles. The van der Waals surface area contributed by atoms with Crippen LogP contribution in [-0.4, -0.2) is 52.8 Å². The minimum Gasteiger partial charge on any atom is -0.337 e. The summed E-state index contributed by atoms with van der Waals surface area (Å²) in [5, 5.41) is 0.546. The van der Waals surface area contributed by atoms with Gasteiger partial charge in [0, 0.05) is 54.7 Å². The molecule has 1 saturated heterocycles. The molecule has 124 valence electrons. The van der Waals surface area contributed by atoms with Gasteiger partial charge in [-0.2, -0.15) is 0 Å². The molecule has 2 heterocycles. The largest absolute Gasteiger partial charge is 0.337 e. The molecule has 5 nitrogen and oxygen atoms in total. The second-order valence-corrected chi connectivity index (χ2v) is 6.12. The van der Waals surface area contributed by atoms with E-state index in [4.69, 9.17) is 11.6 Å². The average molecular weight is 344 g/mol. The highest BCUT2D eigenvalue weighted by molar-refractivity contribution is 6.30. The number of benzene rings is 1. The van der Waals surface area contributed by atoms with E-state index in [1.54, 1.807) is 58.6 Å². The molecule has 0 radical (unpaired) electrons. The van der Waals surface area contributed by atoms with Crippen molar-refractivity contribution in [3.05, 3.63) is 64.9 Å². The SMILES string of the molecule is O=C(c1ccncc1)N1CCCN(C(=O)c2cccc(Cl)c2)CC1. The Balaban J connectivity index is 1.67. The lowest BCUT2D eigenvalue weighted by Gasteiger charge is -2.22. The zero-order valence-corrected chi connectivity index (χ0v) is 13.9. The molecule has 3 rings (SSSR count). The van der Waals surface area contributed by atoms with Crippen LogP contribution in [0.4, 0.5) is 0 Å². The molecule has 6 heteroatoms. The molecule has 0 unspecified atom stereocenters. The smallest absolute Gasteiger partial charge is 0.254 e. The van der Waals surface area contributed by atoms with Gasteiger partial charge in [0.2, 0.25) is 0 Å². The Labute approximate surface area is 145 Å². The third kappa shape index (κ3) is 3.74. The molecular weight excluding hydrogens is 326 g/mol. The van der Waals surface area contributed by atoms with Crippen LogP contribution in [0.5, 0.6) is 0 Å². The zero-order valence-electron chi connectivity index (χ0n) is 13.2. The molecular formula is C18H18ClN3O2. The molecule has 24 heavy (non-hydrogen) atoms. The van der Waals surface area contributed by atoms with Gasteiger partial charge in [0.1, 0.15) is 0 Å². The van der Waals surface area contributed by atoms with E-state index in [-0.39, 0.29) is 11.8 Å². The monoisotopic (exact) mass is 343 g/mol. The molecule has 1 aromatic carbocycles. The lowest BCUT2D eigenvalue weighted by atomic mass is 10.2. The van der Waals surface area contributed by atoms with E-state index in [9.17, 15) is 9.59 Å². The Morgan fingerprint density at radius 2 is 1.50 bits per heavy atom. The van der Waals surface area contributed by atoms with Crippen molar-refractivity contribution in [3.8, 4) is 0 Å². The van der Waals surface area contributed by atoms with Gasteiger partial charge in [-0.1, -0.05) is 17.7 Å². The number of pyridine rings is 1. The van der Waals surface area contributed by atoms with Crippen LogP contribution in [0.25, 0.3) is 0 Å². The maximum absolute atomic E-state index is 12.6. The summed E-state index contributed by atoms with van der Waals surface area (Å²) in [5.41, 5.74) is 1.20. The highest BCUT2D eigenvalue weighted by Gasteiger charge is 2.23. The number of hydrogen-bond acceptors (Lipinski definition) is 3. The molecule has 0 aliphatic carbocycles. The minimum absolute atomic E-state index is 0.0190. The van der Waals surface area contributed by atoms with Crippen LogP contribution in [-0.2, 0) is 0 Å². The molecule has 1 aromatic heterocycles. The topological polar surface area (TPSA) is 53.5 Å². The van der Waals surface area contributed by atoms with Crippen LogP contribution in [0.2, 0.25) is 5.02 Å². The van der Waals surface area contributed by atoms with E-state index in [1.807, 2.05) is 0 Å². The third-order valence-corrected chi connectivity index (χ3v) is 4.30. The number of nitrogens with zero attached hydrogens (tertiary/aromatic N) is 3. The van der Waals surface area contributed by atoms with Gasteiger partial charge >= 0.3 is 0 Å². The highest BCUT2D eigenvalue weighted by atomic mass is 35.5. The van der Waals surface area contributed by atoms with Crippen LogP contribution in [0, 0.1) is 0 Å². The van der Waals surface area contributed by atoms with E-state index in [2.05, 4.69) is 4.98 Å². The first kappa shape index (κ1) is 16.5.